The van der Waals surface area contributed by atoms with Gasteiger partial charge in [0.25, 0.3) is 0 Å². The maximum absolute atomic E-state index is 11.0. The van der Waals surface area contributed by atoms with Gasteiger partial charge in [0.15, 0.2) is 0 Å². The molecule has 0 saturated carbocycles. The summed E-state index contributed by atoms with van der Waals surface area (Å²) in [6.07, 6.45) is -0.530. The monoisotopic (exact) mass is 387 g/mol. The van der Waals surface area contributed by atoms with Gasteiger partial charge < -0.3 is 27.0 Å². The van der Waals surface area contributed by atoms with Crippen molar-refractivity contribution >= 4 is 17.8 Å². The summed E-state index contributed by atoms with van der Waals surface area (Å²) in [5.41, 5.74) is 13.6. The fourth-order valence-electron chi connectivity index (χ4n) is 2.18. The summed E-state index contributed by atoms with van der Waals surface area (Å²) in [4.78, 5) is 31.5. The summed E-state index contributed by atoms with van der Waals surface area (Å²) < 4.78 is 0. The molecule has 0 bridgehead atoms. The van der Waals surface area contributed by atoms with Crippen molar-refractivity contribution in [2.75, 3.05) is 0 Å². The van der Waals surface area contributed by atoms with E-state index in [1.807, 2.05) is 36.4 Å². The zero-order valence-electron chi connectivity index (χ0n) is 15.5. The van der Waals surface area contributed by atoms with Gasteiger partial charge in [-0.2, -0.15) is 0 Å². The molecule has 1 amide bonds. The van der Waals surface area contributed by atoms with Gasteiger partial charge >= 0.3 is 11.9 Å². The predicted octanol–water partition coefficient (Wildman–Crippen LogP) is 1.11. The number of hydrogen-bond acceptors (Lipinski definition) is 5. The molecule has 150 valence electrons. The maximum atomic E-state index is 11.0. The molecule has 0 heterocycles. The van der Waals surface area contributed by atoms with Crippen LogP contribution < -0.4 is 16.8 Å². The molecule has 2 aromatic carbocycles. The molecule has 8 nitrogen and oxygen atoms in total. The zero-order chi connectivity index (χ0) is 21.1. The molecule has 2 rings (SSSR count). The van der Waals surface area contributed by atoms with Crippen LogP contribution in [-0.2, 0) is 14.4 Å². The lowest BCUT2D eigenvalue weighted by atomic mass is 10.00. The summed E-state index contributed by atoms with van der Waals surface area (Å²) in [6.45, 7) is 1.26. The normalized spacial score (nSPS) is 12.3. The molecule has 2 atom stereocenters. The fraction of sp³-hybridized carbons (Fsp3) is 0.250. The van der Waals surface area contributed by atoms with E-state index in [2.05, 4.69) is 29.6 Å². The number of carboxylic acid groups (broad SMARTS) is 2. The van der Waals surface area contributed by atoms with Gasteiger partial charge in [0.1, 0.15) is 6.04 Å². The Morgan fingerprint density at radius 1 is 0.893 bits per heavy atom. The van der Waals surface area contributed by atoms with Crippen molar-refractivity contribution in [3.8, 4) is 0 Å². The minimum atomic E-state index is -1.23. The highest BCUT2D eigenvalue weighted by Crippen LogP contribution is 2.18. The van der Waals surface area contributed by atoms with Crippen molar-refractivity contribution < 1.29 is 24.6 Å². The topological polar surface area (TPSA) is 156 Å². The second kappa shape index (κ2) is 11.5. The third kappa shape index (κ3) is 7.98. The number of hydrogen-bond donors (Lipinski definition) is 5. The molecule has 7 N–H and O–H groups in total. The van der Waals surface area contributed by atoms with Crippen molar-refractivity contribution in [2.45, 2.75) is 31.5 Å². The highest BCUT2D eigenvalue weighted by atomic mass is 16.4. The van der Waals surface area contributed by atoms with E-state index in [4.69, 9.17) is 21.7 Å². The fourth-order valence-corrected chi connectivity index (χ4v) is 2.18. The van der Waals surface area contributed by atoms with Crippen molar-refractivity contribution in [3.63, 3.8) is 0 Å². The number of rotatable bonds is 7. The highest BCUT2D eigenvalue weighted by Gasteiger charge is 2.21. The quantitative estimate of drug-likeness (QED) is 0.476. The number of benzene rings is 2. The Balaban J connectivity index is 0.000000280. The smallest absolute Gasteiger partial charge is 0.325 e. The van der Waals surface area contributed by atoms with E-state index in [9.17, 15) is 14.4 Å². The van der Waals surface area contributed by atoms with Gasteiger partial charge in [-0.25, -0.2) is 0 Å². The first-order chi connectivity index (χ1) is 13.2. The lowest BCUT2D eigenvalue weighted by Gasteiger charge is -2.12. The van der Waals surface area contributed by atoms with Gasteiger partial charge in [0.05, 0.1) is 18.5 Å². The number of nitrogens with two attached hydrogens (primary N) is 2. The van der Waals surface area contributed by atoms with Gasteiger partial charge in [0, 0.05) is 0 Å². The van der Waals surface area contributed by atoms with Crippen molar-refractivity contribution in [3.05, 3.63) is 71.8 Å². The first-order valence-corrected chi connectivity index (χ1v) is 8.58. The molecule has 0 aromatic heterocycles. The van der Waals surface area contributed by atoms with Crippen LogP contribution >= 0.6 is 0 Å². The highest BCUT2D eigenvalue weighted by molar-refractivity contribution is 5.89. The SMILES string of the molecule is C[C@@H](NC(=O)[C@@H](N)CC(=O)O)C(=O)O.NC(c1ccccc1)c1ccccc1. The Hall–Kier alpha value is -3.23. The van der Waals surface area contributed by atoms with Crippen LogP contribution in [0.25, 0.3) is 0 Å². The molecule has 2 aromatic rings. The zero-order valence-corrected chi connectivity index (χ0v) is 15.5. The Bertz CT molecular complexity index is 728. The second-order valence-corrected chi connectivity index (χ2v) is 6.07. The first-order valence-electron chi connectivity index (χ1n) is 8.58. The van der Waals surface area contributed by atoms with Crippen LogP contribution in [0.3, 0.4) is 0 Å². The largest absolute Gasteiger partial charge is 0.481 e. The van der Waals surface area contributed by atoms with E-state index in [1.54, 1.807) is 0 Å². The Kier molecular flexibility index (Phi) is 9.35. The van der Waals surface area contributed by atoms with Crippen LogP contribution in [0.4, 0.5) is 0 Å². The van der Waals surface area contributed by atoms with E-state index >= 15 is 0 Å². The van der Waals surface area contributed by atoms with E-state index in [1.165, 1.54) is 6.92 Å². The minimum absolute atomic E-state index is 0.0163. The molecule has 0 saturated heterocycles. The molecular weight excluding hydrogens is 362 g/mol. The molecule has 28 heavy (non-hydrogen) atoms. The van der Waals surface area contributed by atoms with Crippen LogP contribution in [0.1, 0.15) is 30.5 Å². The summed E-state index contributed by atoms with van der Waals surface area (Å²) in [6, 6.07) is 17.9. The average molecular weight is 387 g/mol. The first kappa shape index (κ1) is 22.8. The number of carbonyl (C=O) groups is 3. The van der Waals surface area contributed by atoms with Crippen LogP contribution in [-0.4, -0.2) is 40.1 Å². The Morgan fingerprint density at radius 2 is 1.32 bits per heavy atom. The van der Waals surface area contributed by atoms with Gasteiger partial charge in [-0.15, -0.1) is 0 Å². The molecule has 8 heteroatoms. The number of carbonyl (C=O) groups excluding carboxylic acids is 1. The second-order valence-electron chi connectivity index (χ2n) is 6.07. The molecule has 0 radical (unpaired) electrons. The average Bonchev–Trinajstić information content (AvgIpc) is 2.68. The van der Waals surface area contributed by atoms with Crippen LogP contribution in [0.15, 0.2) is 60.7 Å². The molecule has 0 aliphatic carbocycles. The van der Waals surface area contributed by atoms with E-state index < -0.39 is 36.4 Å². The van der Waals surface area contributed by atoms with Crippen molar-refractivity contribution in [2.24, 2.45) is 11.5 Å². The van der Waals surface area contributed by atoms with Crippen molar-refractivity contribution in [1.82, 2.24) is 5.32 Å². The molecular formula is C20H25N3O5. The van der Waals surface area contributed by atoms with Crippen LogP contribution in [0, 0.1) is 0 Å². The van der Waals surface area contributed by atoms with E-state index in [0.29, 0.717) is 0 Å². The number of aliphatic carboxylic acids is 2. The molecule has 0 spiro atoms. The predicted molar refractivity (Wildman–Crippen MR) is 104 cm³/mol. The van der Waals surface area contributed by atoms with E-state index in [-0.39, 0.29) is 6.04 Å². The summed E-state index contributed by atoms with van der Waals surface area (Å²) in [5, 5.41) is 18.8. The number of carboxylic acids is 2. The maximum Gasteiger partial charge on any atom is 0.325 e. The van der Waals surface area contributed by atoms with Gasteiger partial charge in [-0.3, -0.25) is 14.4 Å². The van der Waals surface area contributed by atoms with E-state index in [0.717, 1.165) is 11.1 Å². The number of nitrogens with one attached hydrogen (secondary N) is 1. The summed E-state index contributed by atoms with van der Waals surface area (Å²) in [5.74, 6) is -3.21. The number of amides is 1. The van der Waals surface area contributed by atoms with Crippen LogP contribution in [0.5, 0.6) is 0 Å². The molecule has 0 aliphatic heterocycles. The molecule has 0 fully saturated rings. The van der Waals surface area contributed by atoms with Gasteiger partial charge in [0.2, 0.25) is 5.91 Å². The lowest BCUT2D eigenvalue weighted by molar-refractivity contribution is -0.142. The third-order valence-electron chi connectivity index (χ3n) is 3.78. The summed E-state index contributed by atoms with van der Waals surface area (Å²) in [7, 11) is 0. The summed E-state index contributed by atoms with van der Waals surface area (Å²) >= 11 is 0. The Morgan fingerprint density at radius 3 is 1.68 bits per heavy atom. The third-order valence-corrected chi connectivity index (χ3v) is 3.78. The Labute approximate surface area is 163 Å². The van der Waals surface area contributed by atoms with Gasteiger partial charge in [-0.05, 0) is 18.1 Å². The minimum Gasteiger partial charge on any atom is -0.481 e. The lowest BCUT2D eigenvalue weighted by Crippen LogP contribution is -2.47. The van der Waals surface area contributed by atoms with Gasteiger partial charge in [-0.1, -0.05) is 60.7 Å². The van der Waals surface area contributed by atoms with Crippen molar-refractivity contribution in [1.29, 1.82) is 0 Å². The standard InChI is InChI=1S/C13H13N.C7H12N2O5/c14-13(11-7-3-1-4-8-11)12-9-5-2-6-10-12;1-3(7(13)14)9-6(12)4(8)2-5(10)11/h1-10,13H,14H2;3-4H,2,8H2,1H3,(H,9,12)(H,10,11)(H,13,14)/t;3-,4+/m.1/s1. The molecule has 0 unspecified atom stereocenters. The van der Waals surface area contributed by atoms with Crippen LogP contribution in [0.2, 0.25) is 0 Å². The molecule has 0 aliphatic rings.